The van der Waals surface area contributed by atoms with Crippen molar-refractivity contribution in [3.05, 3.63) is 35.9 Å². The van der Waals surface area contributed by atoms with Crippen LogP contribution in [0.15, 0.2) is 30.3 Å². The predicted molar refractivity (Wildman–Crippen MR) is 104 cm³/mol. The van der Waals surface area contributed by atoms with Gasteiger partial charge < -0.3 is 24.9 Å². The third kappa shape index (κ3) is 11.0. The van der Waals surface area contributed by atoms with Crippen LogP contribution in [0.5, 0.6) is 0 Å². The zero-order valence-corrected chi connectivity index (χ0v) is 16.7. The lowest BCUT2D eigenvalue weighted by atomic mass is 9.98. The number of aryl methyl sites for hydroxylation is 1. The van der Waals surface area contributed by atoms with E-state index in [-0.39, 0.29) is 24.5 Å². The molecule has 2 rings (SSSR count). The molecule has 6 nitrogen and oxygen atoms in total. The maximum atomic E-state index is 10.6. The molecule has 1 aliphatic heterocycles. The Bertz CT molecular complexity index is 476. The average Bonchev–Trinajstić information content (AvgIpc) is 3.18. The third-order valence-electron chi connectivity index (χ3n) is 3.99. The Morgan fingerprint density at radius 2 is 2.00 bits per heavy atom. The Morgan fingerprint density at radius 1 is 1.35 bits per heavy atom. The van der Waals surface area contributed by atoms with E-state index in [1.54, 1.807) is 14.2 Å². The summed E-state index contributed by atoms with van der Waals surface area (Å²) in [4.78, 5) is 20.7. The van der Waals surface area contributed by atoms with Gasteiger partial charge in [-0.05, 0) is 33.4 Å². The molecule has 3 atom stereocenters. The van der Waals surface area contributed by atoms with Crippen LogP contribution in [0.4, 0.5) is 0 Å². The zero-order chi connectivity index (χ0) is 19.8. The lowest BCUT2D eigenvalue weighted by molar-refractivity contribution is -0.139. The molecule has 2 N–H and O–H groups in total. The highest BCUT2D eigenvalue weighted by Gasteiger charge is 2.28. The molecule has 3 unspecified atom stereocenters. The number of carbonyl (C=O) groups is 2. The standard InChI is InChI=1S/C9H17NO2.C7H8.C4H9NO2/c1-7(6-11)9(12-2)8-4-3-5-10-8;1-7-5-3-2-4-6-7;1-5-3-4(6)7-2/h6-10H,3-5H2,1-2H3;2-6H,1H3;5H,3H2,1-2H3. The van der Waals surface area contributed by atoms with E-state index < -0.39 is 0 Å². The topological polar surface area (TPSA) is 76.7 Å². The molecule has 1 fully saturated rings. The second-order valence-corrected chi connectivity index (χ2v) is 6.16. The molecule has 1 aliphatic rings. The van der Waals surface area contributed by atoms with Crippen LogP contribution in [-0.2, 0) is 19.1 Å². The number of carbonyl (C=O) groups excluding carboxylic acids is 2. The summed E-state index contributed by atoms with van der Waals surface area (Å²) in [5.41, 5.74) is 1.32. The van der Waals surface area contributed by atoms with E-state index in [0.717, 1.165) is 19.3 Å². The van der Waals surface area contributed by atoms with Crippen molar-refractivity contribution in [2.24, 2.45) is 5.92 Å². The number of methoxy groups -OCH3 is 2. The predicted octanol–water partition coefficient (Wildman–Crippen LogP) is 1.96. The molecule has 1 saturated heterocycles. The molecular weight excluding hydrogens is 332 g/mol. The van der Waals surface area contributed by atoms with Gasteiger partial charge in [0, 0.05) is 19.1 Å². The van der Waals surface area contributed by atoms with Crippen LogP contribution in [0.3, 0.4) is 0 Å². The van der Waals surface area contributed by atoms with Crippen LogP contribution >= 0.6 is 0 Å². The fourth-order valence-corrected chi connectivity index (χ4v) is 2.57. The smallest absolute Gasteiger partial charge is 0.319 e. The highest BCUT2D eigenvalue weighted by molar-refractivity contribution is 5.71. The summed E-state index contributed by atoms with van der Waals surface area (Å²) < 4.78 is 9.58. The van der Waals surface area contributed by atoms with Gasteiger partial charge in [-0.1, -0.05) is 42.8 Å². The molecule has 26 heavy (non-hydrogen) atoms. The molecular formula is C20H34N2O4. The van der Waals surface area contributed by atoms with E-state index in [4.69, 9.17) is 4.74 Å². The first-order valence-corrected chi connectivity index (χ1v) is 8.94. The van der Waals surface area contributed by atoms with Crippen LogP contribution in [0, 0.1) is 12.8 Å². The van der Waals surface area contributed by atoms with Gasteiger partial charge in [-0.2, -0.15) is 0 Å². The molecule has 0 aliphatic carbocycles. The molecule has 0 saturated carbocycles. The number of aldehydes is 1. The molecule has 0 spiro atoms. The van der Waals surface area contributed by atoms with E-state index in [1.165, 1.54) is 19.1 Å². The summed E-state index contributed by atoms with van der Waals surface area (Å²) in [5, 5.41) is 5.98. The highest BCUT2D eigenvalue weighted by Crippen LogP contribution is 2.16. The number of likely N-dealkylation sites (N-methyl/N-ethyl adjacent to an activating group) is 1. The summed E-state index contributed by atoms with van der Waals surface area (Å²) in [6.45, 7) is 5.33. The van der Waals surface area contributed by atoms with Gasteiger partial charge in [-0.15, -0.1) is 0 Å². The monoisotopic (exact) mass is 366 g/mol. The third-order valence-corrected chi connectivity index (χ3v) is 3.99. The van der Waals surface area contributed by atoms with Gasteiger partial charge >= 0.3 is 5.97 Å². The SMILES string of the molecule is CNCC(=O)OC.COC(C(C)C=O)C1CCCN1.Cc1ccccc1. The van der Waals surface area contributed by atoms with Crippen molar-refractivity contribution in [3.8, 4) is 0 Å². The Labute approximate surface area is 157 Å². The Kier molecular flexibility index (Phi) is 14.4. The van der Waals surface area contributed by atoms with Crippen molar-refractivity contribution in [2.75, 3.05) is 34.4 Å². The largest absolute Gasteiger partial charge is 0.468 e. The van der Waals surface area contributed by atoms with Crippen molar-refractivity contribution < 1.29 is 19.1 Å². The van der Waals surface area contributed by atoms with Gasteiger partial charge in [-0.25, -0.2) is 0 Å². The summed E-state index contributed by atoms with van der Waals surface area (Å²) in [7, 11) is 4.72. The second-order valence-electron chi connectivity index (χ2n) is 6.16. The fourth-order valence-electron chi connectivity index (χ4n) is 2.57. The first-order chi connectivity index (χ1) is 12.5. The summed E-state index contributed by atoms with van der Waals surface area (Å²) in [5.74, 6) is -0.242. The average molecular weight is 367 g/mol. The first kappa shape index (κ1) is 24.2. The summed E-state index contributed by atoms with van der Waals surface area (Å²) in [6, 6.07) is 10.6. The van der Waals surface area contributed by atoms with E-state index in [1.807, 2.05) is 25.1 Å². The summed E-state index contributed by atoms with van der Waals surface area (Å²) in [6.07, 6.45) is 3.33. The Balaban J connectivity index is 0.000000385. The molecule has 1 heterocycles. The second kappa shape index (κ2) is 15.5. The highest BCUT2D eigenvalue weighted by atomic mass is 16.5. The van der Waals surface area contributed by atoms with Gasteiger partial charge in [0.2, 0.25) is 0 Å². The zero-order valence-electron chi connectivity index (χ0n) is 16.7. The molecule has 0 aromatic heterocycles. The maximum absolute atomic E-state index is 10.6. The van der Waals surface area contributed by atoms with Gasteiger partial charge in [0.25, 0.3) is 0 Å². The van der Waals surface area contributed by atoms with Crippen LogP contribution in [0.1, 0.15) is 25.3 Å². The minimum absolute atomic E-state index is 0.00870. The van der Waals surface area contributed by atoms with Crippen LogP contribution in [0.2, 0.25) is 0 Å². The number of nitrogens with one attached hydrogen (secondary N) is 2. The lowest BCUT2D eigenvalue weighted by Gasteiger charge is -2.24. The summed E-state index contributed by atoms with van der Waals surface area (Å²) >= 11 is 0. The minimum Gasteiger partial charge on any atom is -0.468 e. The molecule has 148 valence electrons. The van der Waals surface area contributed by atoms with Crippen LogP contribution in [0.25, 0.3) is 0 Å². The van der Waals surface area contributed by atoms with E-state index in [9.17, 15) is 9.59 Å². The fraction of sp³-hybridized carbons (Fsp3) is 0.600. The van der Waals surface area contributed by atoms with Gasteiger partial charge in [0.1, 0.15) is 6.29 Å². The van der Waals surface area contributed by atoms with Crippen molar-refractivity contribution in [2.45, 2.75) is 38.8 Å². The number of ether oxygens (including phenoxy) is 2. The molecule has 1 aromatic rings. The van der Waals surface area contributed by atoms with Crippen LogP contribution < -0.4 is 10.6 Å². The molecule has 0 bridgehead atoms. The molecule has 1 aromatic carbocycles. The van der Waals surface area contributed by atoms with E-state index in [0.29, 0.717) is 6.04 Å². The van der Waals surface area contributed by atoms with Crippen molar-refractivity contribution in [1.82, 2.24) is 10.6 Å². The molecule has 0 radical (unpaired) electrons. The molecule has 6 heteroatoms. The maximum Gasteiger partial charge on any atom is 0.319 e. The minimum atomic E-state index is -0.234. The van der Waals surface area contributed by atoms with Gasteiger partial charge in [0.05, 0.1) is 19.8 Å². The normalized spacial score (nSPS) is 17.7. The van der Waals surface area contributed by atoms with E-state index in [2.05, 4.69) is 34.4 Å². The Morgan fingerprint density at radius 3 is 2.31 bits per heavy atom. The number of hydrogen-bond acceptors (Lipinski definition) is 6. The number of hydrogen-bond donors (Lipinski definition) is 2. The number of benzene rings is 1. The van der Waals surface area contributed by atoms with Crippen molar-refractivity contribution in [1.29, 1.82) is 0 Å². The van der Waals surface area contributed by atoms with Crippen LogP contribution in [-0.4, -0.2) is 58.8 Å². The van der Waals surface area contributed by atoms with Crippen molar-refractivity contribution >= 4 is 12.3 Å². The van der Waals surface area contributed by atoms with Gasteiger partial charge in [-0.3, -0.25) is 4.79 Å². The van der Waals surface area contributed by atoms with Gasteiger partial charge in [0.15, 0.2) is 0 Å². The quantitative estimate of drug-likeness (QED) is 0.592. The first-order valence-electron chi connectivity index (χ1n) is 8.94. The number of rotatable bonds is 6. The Hall–Kier alpha value is -1.76. The van der Waals surface area contributed by atoms with Crippen molar-refractivity contribution in [3.63, 3.8) is 0 Å². The number of esters is 1. The van der Waals surface area contributed by atoms with E-state index >= 15 is 0 Å². The molecule has 0 amide bonds. The lowest BCUT2D eigenvalue weighted by Crippen LogP contribution is -2.40.